The predicted octanol–water partition coefficient (Wildman–Crippen LogP) is 2.85. The van der Waals surface area contributed by atoms with Crippen LogP contribution in [0.4, 0.5) is 17.6 Å². The molecule has 0 bridgehead atoms. The van der Waals surface area contributed by atoms with Gasteiger partial charge < -0.3 is 5.32 Å². The number of carbonyl (C=O) groups excluding carboxylic acids is 1. The molecule has 7 heteroatoms. The van der Waals surface area contributed by atoms with Crippen LogP contribution in [0.1, 0.15) is 22.8 Å². The first-order valence-corrected chi connectivity index (χ1v) is 5.09. The molecular formula is C10H9F4NOS. The van der Waals surface area contributed by atoms with Gasteiger partial charge in [-0.25, -0.2) is 4.39 Å². The molecule has 1 amide bonds. The normalized spacial score (nSPS) is 13.3. The molecule has 1 rings (SSSR count). The Hall–Kier alpha value is -1.24. The third kappa shape index (κ3) is 3.36. The van der Waals surface area contributed by atoms with E-state index < -0.39 is 34.4 Å². The lowest BCUT2D eigenvalue weighted by Crippen LogP contribution is -2.31. The van der Waals surface area contributed by atoms with Crippen LogP contribution >= 0.6 is 12.6 Å². The molecule has 0 fully saturated rings. The van der Waals surface area contributed by atoms with Crippen molar-refractivity contribution in [3.63, 3.8) is 0 Å². The fourth-order valence-corrected chi connectivity index (χ4v) is 1.37. The number of amides is 1. The predicted molar refractivity (Wildman–Crippen MR) is 57.3 cm³/mol. The zero-order chi connectivity index (χ0) is 13.2. The Morgan fingerprint density at radius 3 is 2.47 bits per heavy atom. The summed E-state index contributed by atoms with van der Waals surface area (Å²) in [7, 11) is 0. The van der Waals surface area contributed by atoms with Crippen LogP contribution in [0, 0.1) is 5.82 Å². The number of benzene rings is 1. The molecule has 1 atom stereocenters. The van der Waals surface area contributed by atoms with E-state index in [4.69, 9.17) is 0 Å². The zero-order valence-electron chi connectivity index (χ0n) is 8.68. The first-order valence-electron chi connectivity index (χ1n) is 4.58. The van der Waals surface area contributed by atoms with E-state index in [1.807, 2.05) is 0 Å². The summed E-state index contributed by atoms with van der Waals surface area (Å²) in [6.45, 7) is 1.44. The number of rotatable bonds is 2. The largest absolute Gasteiger partial charge is 0.417 e. The van der Waals surface area contributed by atoms with Crippen LogP contribution in [0.2, 0.25) is 0 Å². The summed E-state index contributed by atoms with van der Waals surface area (Å²) in [6, 6.07) is 2.35. The molecule has 0 saturated carbocycles. The first kappa shape index (κ1) is 13.8. The summed E-state index contributed by atoms with van der Waals surface area (Å²) >= 11 is 3.79. The highest BCUT2D eigenvalue weighted by Gasteiger charge is 2.36. The van der Waals surface area contributed by atoms with E-state index in [0.29, 0.717) is 6.07 Å². The number of hydrogen-bond acceptors (Lipinski definition) is 2. The molecule has 1 unspecified atom stereocenters. The maximum Gasteiger partial charge on any atom is 0.417 e. The molecule has 0 spiro atoms. The van der Waals surface area contributed by atoms with E-state index >= 15 is 0 Å². The van der Waals surface area contributed by atoms with Crippen molar-refractivity contribution >= 4 is 18.5 Å². The number of thiol groups is 1. The lowest BCUT2D eigenvalue weighted by atomic mass is 10.1. The van der Waals surface area contributed by atoms with Gasteiger partial charge >= 0.3 is 6.18 Å². The van der Waals surface area contributed by atoms with E-state index in [1.54, 1.807) is 0 Å². The number of alkyl halides is 3. The fraction of sp³-hybridized carbons (Fsp3) is 0.300. The van der Waals surface area contributed by atoms with Gasteiger partial charge in [-0.2, -0.15) is 25.8 Å². The Morgan fingerprint density at radius 2 is 2.00 bits per heavy atom. The van der Waals surface area contributed by atoms with Crippen molar-refractivity contribution in [2.75, 3.05) is 0 Å². The van der Waals surface area contributed by atoms with Gasteiger partial charge in [0.2, 0.25) is 0 Å². The van der Waals surface area contributed by atoms with Crippen molar-refractivity contribution in [3.8, 4) is 0 Å². The summed E-state index contributed by atoms with van der Waals surface area (Å²) in [5, 5.41) is 1.42. The average molecular weight is 267 g/mol. The van der Waals surface area contributed by atoms with Gasteiger partial charge in [0.1, 0.15) is 5.82 Å². The van der Waals surface area contributed by atoms with E-state index in [0.717, 1.165) is 12.1 Å². The second-order valence-corrected chi connectivity index (χ2v) is 4.08. The molecule has 0 aliphatic heterocycles. The number of halogens is 4. The monoisotopic (exact) mass is 267 g/mol. The molecule has 1 N–H and O–H groups in total. The molecule has 0 aliphatic carbocycles. The summed E-state index contributed by atoms with van der Waals surface area (Å²) in [6.07, 6.45) is -4.78. The topological polar surface area (TPSA) is 29.1 Å². The maximum atomic E-state index is 13.3. The van der Waals surface area contributed by atoms with Crippen LogP contribution in [0.3, 0.4) is 0 Å². The Balaban J connectivity index is 3.26. The van der Waals surface area contributed by atoms with Gasteiger partial charge in [0, 0.05) is 0 Å². The Kier molecular flexibility index (Phi) is 4.03. The molecule has 0 radical (unpaired) electrons. The van der Waals surface area contributed by atoms with Crippen LogP contribution in [0.25, 0.3) is 0 Å². The van der Waals surface area contributed by atoms with Gasteiger partial charge in [0.25, 0.3) is 5.91 Å². The summed E-state index contributed by atoms with van der Waals surface area (Å²) in [5.41, 5.74) is -2.31. The molecule has 94 valence electrons. The number of carbonyl (C=O) groups is 1. The third-order valence-electron chi connectivity index (χ3n) is 1.89. The minimum atomic E-state index is -4.78. The van der Waals surface area contributed by atoms with Gasteiger partial charge in [0.05, 0.1) is 16.5 Å². The standard InChI is InChI=1S/C10H9F4NOS/c1-5(17)15-9(16)8-6(10(12,13)14)3-2-4-7(8)11/h2-5,17H,1H3,(H,15,16). The number of hydrogen-bond donors (Lipinski definition) is 2. The van der Waals surface area contributed by atoms with E-state index in [9.17, 15) is 22.4 Å². The molecule has 0 heterocycles. The summed E-state index contributed by atoms with van der Waals surface area (Å²) in [4.78, 5) is 11.4. The van der Waals surface area contributed by atoms with Crippen molar-refractivity contribution in [3.05, 3.63) is 35.1 Å². The van der Waals surface area contributed by atoms with Gasteiger partial charge in [-0.3, -0.25) is 4.79 Å². The maximum absolute atomic E-state index is 13.3. The first-order chi connectivity index (χ1) is 7.73. The lowest BCUT2D eigenvalue weighted by Gasteiger charge is -2.14. The minimum absolute atomic E-state index is 0.654. The van der Waals surface area contributed by atoms with Crippen molar-refractivity contribution in [1.82, 2.24) is 5.32 Å². The van der Waals surface area contributed by atoms with Crippen LogP contribution in [-0.2, 0) is 6.18 Å². The quantitative estimate of drug-likeness (QED) is 0.481. The van der Waals surface area contributed by atoms with Crippen LogP contribution < -0.4 is 5.32 Å². The highest BCUT2D eigenvalue weighted by atomic mass is 32.1. The van der Waals surface area contributed by atoms with Crippen LogP contribution in [-0.4, -0.2) is 11.3 Å². The minimum Gasteiger partial charge on any atom is -0.341 e. The smallest absolute Gasteiger partial charge is 0.341 e. The molecule has 0 aromatic heterocycles. The van der Waals surface area contributed by atoms with Gasteiger partial charge in [-0.15, -0.1) is 0 Å². The van der Waals surface area contributed by atoms with Crippen molar-refractivity contribution < 1.29 is 22.4 Å². The fourth-order valence-electron chi connectivity index (χ4n) is 1.25. The molecule has 0 saturated heterocycles. The Bertz CT molecular complexity index is 431. The van der Waals surface area contributed by atoms with E-state index in [2.05, 4.69) is 17.9 Å². The van der Waals surface area contributed by atoms with Gasteiger partial charge in [-0.05, 0) is 19.1 Å². The van der Waals surface area contributed by atoms with Crippen molar-refractivity contribution in [1.29, 1.82) is 0 Å². The third-order valence-corrected chi connectivity index (χ3v) is 2.02. The zero-order valence-corrected chi connectivity index (χ0v) is 9.57. The Labute approximate surface area is 100 Å². The molecule has 1 aromatic carbocycles. The van der Waals surface area contributed by atoms with Gasteiger partial charge in [0.15, 0.2) is 0 Å². The van der Waals surface area contributed by atoms with Crippen LogP contribution in [0.15, 0.2) is 18.2 Å². The van der Waals surface area contributed by atoms with E-state index in [1.165, 1.54) is 6.92 Å². The Morgan fingerprint density at radius 1 is 1.41 bits per heavy atom. The summed E-state index contributed by atoms with van der Waals surface area (Å²) in [5.74, 6) is -2.36. The molecule has 2 nitrogen and oxygen atoms in total. The molecule has 1 aromatic rings. The number of nitrogens with one attached hydrogen (secondary N) is 1. The second-order valence-electron chi connectivity index (χ2n) is 3.31. The summed E-state index contributed by atoms with van der Waals surface area (Å²) < 4.78 is 51.0. The average Bonchev–Trinajstić information content (AvgIpc) is 2.14. The van der Waals surface area contributed by atoms with Crippen LogP contribution in [0.5, 0.6) is 0 Å². The van der Waals surface area contributed by atoms with E-state index in [-0.39, 0.29) is 0 Å². The SMILES string of the molecule is CC(S)NC(=O)c1c(F)cccc1C(F)(F)F. The van der Waals surface area contributed by atoms with Gasteiger partial charge in [-0.1, -0.05) is 6.07 Å². The molecule has 17 heavy (non-hydrogen) atoms. The second kappa shape index (κ2) is 4.95. The van der Waals surface area contributed by atoms with Crippen molar-refractivity contribution in [2.24, 2.45) is 0 Å². The highest BCUT2D eigenvalue weighted by Crippen LogP contribution is 2.33. The highest BCUT2D eigenvalue weighted by molar-refractivity contribution is 7.80. The lowest BCUT2D eigenvalue weighted by molar-refractivity contribution is -0.138. The molecule has 0 aliphatic rings. The molecular weight excluding hydrogens is 258 g/mol. The van der Waals surface area contributed by atoms with Crippen molar-refractivity contribution in [2.45, 2.75) is 18.5 Å².